The number of Topliss-reactive ketones (excluding diaryl/α,β-unsaturated/α-hetero) is 1. The average molecular weight is 410 g/mol. The quantitative estimate of drug-likeness (QED) is 0.742. The number of carbonyl (C=O) groups is 2. The van der Waals surface area contributed by atoms with Gasteiger partial charge in [0.05, 0.1) is 13.2 Å². The maximum Gasteiger partial charge on any atom is 0.222 e. The monoisotopic (exact) mass is 409 g/mol. The zero-order chi connectivity index (χ0) is 20.7. The summed E-state index contributed by atoms with van der Waals surface area (Å²) in [4.78, 5) is 27.6. The molecule has 4 heteroatoms. The van der Waals surface area contributed by atoms with E-state index < -0.39 is 0 Å². The average Bonchev–Trinajstić information content (AvgIpc) is 3.04. The van der Waals surface area contributed by atoms with Crippen LogP contribution in [0.4, 0.5) is 0 Å². The largest absolute Gasteiger partial charge is 0.378 e. The standard InChI is InChI=1S/C26H35NO3/c1-26-12-11-21-20-7-3-2-5-18(20)9-10-22(21)25(26)19(17-23(26)28)6-4-8-24(29)27-13-15-30-16-14-27/h2-3,5,7,19,21-22,25H,4,6,8-17H2,1H3/t19-,21+,22+,25-,26+/m0/s1. The van der Waals surface area contributed by atoms with Gasteiger partial charge in [-0.3, -0.25) is 9.59 Å². The van der Waals surface area contributed by atoms with Gasteiger partial charge in [-0.1, -0.05) is 31.2 Å². The molecule has 4 nitrogen and oxygen atoms in total. The summed E-state index contributed by atoms with van der Waals surface area (Å²) in [6.45, 7) is 5.03. The van der Waals surface area contributed by atoms with Crippen LogP contribution in [0.1, 0.15) is 68.9 Å². The van der Waals surface area contributed by atoms with Crippen LogP contribution in [0.5, 0.6) is 0 Å². The maximum atomic E-state index is 13.1. The van der Waals surface area contributed by atoms with Gasteiger partial charge >= 0.3 is 0 Å². The molecule has 0 spiro atoms. The summed E-state index contributed by atoms with van der Waals surface area (Å²) >= 11 is 0. The lowest BCUT2D eigenvalue weighted by Crippen LogP contribution is -2.44. The zero-order valence-corrected chi connectivity index (χ0v) is 18.3. The van der Waals surface area contributed by atoms with Gasteiger partial charge in [-0.25, -0.2) is 0 Å². The van der Waals surface area contributed by atoms with E-state index >= 15 is 0 Å². The fourth-order valence-corrected chi connectivity index (χ4v) is 7.33. The van der Waals surface area contributed by atoms with Gasteiger partial charge in [0.2, 0.25) is 5.91 Å². The van der Waals surface area contributed by atoms with Crippen LogP contribution in [-0.4, -0.2) is 42.9 Å². The molecule has 5 rings (SSSR count). The molecule has 3 aliphatic carbocycles. The summed E-state index contributed by atoms with van der Waals surface area (Å²) in [5.74, 6) is 2.96. The SMILES string of the molecule is C[C@]12CC[C@@H]3c4ccccc4CC[C@H]3[C@@H]1[C@@H](CCCC(=O)N1CCOCC1)CC2=O. The predicted molar refractivity (Wildman–Crippen MR) is 116 cm³/mol. The Morgan fingerprint density at radius 3 is 2.83 bits per heavy atom. The Hall–Kier alpha value is -1.68. The minimum Gasteiger partial charge on any atom is -0.378 e. The third kappa shape index (κ3) is 3.41. The fraction of sp³-hybridized carbons (Fsp3) is 0.692. The van der Waals surface area contributed by atoms with E-state index in [4.69, 9.17) is 4.74 Å². The fourth-order valence-electron chi connectivity index (χ4n) is 7.33. The predicted octanol–water partition coefficient (Wildman–Crippen LogP) is 4.37. The molecule has 162 valence electrons. The highest BCUT2D eigenvalue weighted by Gasteiger charge is 2.58. The van der Waals surface area contributed by atoms with Crippen LogP contribution in [0.3, 0.4) is 0 Å². The van der Waals surface area contributed by atoms with Crippen molar-refractivity contribution in [3.8, 4) is 0 Å². The van der Waals surface area contributed by atoms with Crippen LogP contribution in [0.15, 0.2) is 24.3 Å². The highest BCUT2D eigenvalue weighted by Crippen LogP contribution is 2.62. The van der Waals surface area contributed by atoms with Gasteiger partial charge in [0.1, 0.15) is 5.78 Å². The molecule has 0 N–H and O–H groups in total. The van der Waals surface area contributed by atoms with Crippen LogP contribution in [-0.2, 0) is 20.7 Å². The first-order chi connectivity index (χ1) is 14.6. The van der Waals surface area contributed by atoms with Crippen molar-refractivity contribution in [3.63, 3.8) is 0 Å². The molecule has 1 amide bonds. The Morgan fingerprint density at radius 1 is 1.20 bits per heavy atom. The molecule has 0 radical (unpaired) electrons. The second kappa shape index (κ2) is 8.11. The van der Waals surface area contributed by atoms with Crippen LogP contribution < -0.4 is 0 Å². The molecular formula is C26H35NO3. The Labute approximate surface area is 180 Å². The molecular weight excluding hydrogens is 374 g/mol. The minimum atomic E-state index is -0.133. The molecule has 1 heterocycles. The lowest BCUT2D eigenvalue weighted by molar-refractivity contribution is -0.135. The number of carbonyl (C=O) groups excluding carboxylic acids is 2. The zero-order valence-electron chi connectivity index (χ0n) is 18.3. The number of rotatable bonds is 4. The number of ether oxygens (including phenoxy) is 1. The molecule has 3 fully saturated rings. The molecule has 1 aliphatic heterocycles. The first-order valence-electron chi connectivity index (χ1n) is 12.0. The summed E-state index contributed by atoms with van der Waals surface area (Å²) in [7, 11) is 0. The Bertz CT molecular complexity index is 814. The van der Waals surface area contributed by atoms with Gasteiger partial charge in [-0.05, 0) is 73.3 Å². The summed E-state index contributed by atoms with van der Waals surface area (Å²) < 4.78 is 5.36. The van der Waals surface area contributed by atoms with E-state index in [0.717, 1.165) is 51.6 Å². The lowest BCUT2D eigenvalue weighted by atomic mass is 9.54. The van der Waals surface area contributed by atoms with Gasteiger partial charge in [0.25, 0.3) is 0 Å². The van der Waals surface area contributed by atoms with E-state index in [1.54, 1.807) is 5.56 Å². The van der Waals surface area contributed by atoms with Crippen LogP contribution in [0.25, 0.3) is 0 Å². The summed E-state index contributed by atoms with van der Waals surface area (Å²) in [6, 6.07) is 8.98. The Morgan fingerprint density at radius 2 is 2.00 bits per heavy atom. The second-order valence-electron chi connectivity index (χ2n) is 10.3. The van der Waals surface area contributed by atoms with Crippen LogP contribution in [0.2, 0.25) is 0 Å². The normalized spacial score (nSPS) is 35.5. The molecule has 0 aromatic heterocycles. The number of amides is 1. The smallest absolute Gasteiger partial charge is 0.222 e. The minimum absolute atomic E-state index is 0.133. The van der Waals surface area contributed by atoms with Crippen molar-refractivity contribution in [2.45, 2.75) is 64.2 Å². The topological polar surface area (TPSA) is 46.6 Å². The molecule has 1 aromatic carbocycles. The highest BCUT2D eigenvalue weighted by molar-refractivity contribution is 5.87. The van der Waals surface area contributed by atoms with E-state index in [1.165, 1.54) is 12.0 Å². The van der Waals surface area contributed by atoms with E-state index in [1.807, 2.05) is 4.90 Å². The van der Waals surface area contributed by atoms with Crippen molar-refractivity contribution in [3.05, 3.63) is 35.4 Å². The number of morpholine rings is 1. The van der Waals surface area contributed by atoms with Crippen molar-refractivity contribution < 1.29 is 14.3 Å². The van der Waals surface area contributed by atoms with Gasteiger partial charge in [0.15, 0.2) is 0 Å². The van der Waals surface area contributed by atoms with Crippen molar-refractivity contribution >= 4 is 11.7 Å². The van der Waals surface area contributed by atoms with E-state index in [2.05, 4.69) is 31.2 Å². The molecule has 0 bridgehead atoms. The van der Waals surface area contributed by atoms with Crippen LogP contribution in [0, 0.1) is 23.2 Å². The van der Waals surface area contributed by atoms with Gasteiger partial charge in [-0.2, -0.15) is 0 Å². The number of aryl methyl sites for hydroxylation is 1. The van der Waals surface area contributed by atoms with Gasteiger partial charge in [-0.15, -0.1) is 0 Å². The first-order valence-corrected chi connectivity index (χ1v) is 12.0. The number of hydrogen-bond donors (Lipinski definition) is 0. The summed E-state index contributed by atoms with van der Waals surface area (Å²) in [5.41, 5.74) is 2.95. The van der Waals surface area contributed by atoms with Crippen LogP contribution >= 0.6 is 0 Å². The van der Waals surface area contributed by atoms with Crippen molar-refractivity contribution in [1.29, 1.82) is 0 Å². The lowest BCUT2D eigenvalue weighted by Gasteiger charge is -2.50. The highest BCUT2D eigenvalue weighted by atomic mass is 16.5. The van der Waals surface area contributed by atoms with Gasteiger partial charge < -0.3 is 9.64 Å². The number of hydrogen-bond acceptors (Lipinski definition) is 3. The number of nitrogens with zero attached hydrogens (tertiary/aromatic N) is 1. The summed E-state index contributed by atoms with van der Waals surface area (Å²) in [5, 5.41) is 0. The molecule has 4 aliphatic rings. The molecule has 1 aromatic rings. The summed E-state index contributed by atoms with van der Waals surface area (Å²) in [6.07, 6.45) is 7.85. The molecule has 0 unspecified atom stereocenters. The molecule has 30 heavy (non-hydrogen) atoms. The van der Waals surface area contributed by atoms with E-state index in [9.17, 15) is 9.59 Å². The van der Waals surface area contributed by atoms with Crippen molar-refractivity contribution in [2.24, 2.45) is 23.2 Å². The molecule has 1 saturated heterocycles. The van der Waals surface area contributed by atoms with Crippen molar-refractivity contribution in [2.75, 3.05) is 26.3 Å². The first kappa shape index (κ1) is 20.2. The molecule has 5 atom stereocenters. The number of benzene rings is 1. The Balaban J connectivity index is 1.28. The van der Waals surface area contributed by atoms with E-state index in [0.29, 0.717) is 49.1 Å². The second-order valence-corrected chi connectivity index (χ2v) is 10.3. The maximum absolute atomic E-state index is 13.1. The number of fused-ring (bicyclic) bond motifs is 5. The van der Waals surface area contributed by atoms with Crippen molar-refractivity contribution in [1.82, 2.24) is 4.90 Å². The van der Waals surface area contributed by atoms with E-state index in [-0.39, 0.29) is 11.3 Å². The Kier molecular flexibility index (Phi) is 5.47. The third-order valence-corrected chi connectivity index (χ3v) is 8.81. The number of ketones is 1. The molecule has 2 saturated carbocycles. The third-order valence-electron chi connectivity index (χ3n) is 8.81. The van der Waals surface area contributed by atoms with Gasteiger partial charge in [0, 0.05) is 31.3 Å².